The van der Waals surface area contributed by atoms with Crippen molar-refractivity contribution in [1.82, 2.24) is 19.3 Å². The van der Waals surface area contributed by atoms with Crippen molar-refractivity contribution >= 4 is 26.9 Å². The van der Waals surface area contributed by atoms with Gasteiger partial charge < -0.3 is 15.0 Å². The van der Waals surface area contributed by atoms with E-state index in [1.165, 1.54) is 10.6 Å². The molecule has 2 aromatic heterocycles. The van der Waals surface area contributed by atoms with Crippen LogP contribution in [0.2, 0.25) is 0 Å². The summed E-state index contributed by atoms with van der Waals surface area (Å²) in [7, 11) is -0.178. The van der Waals surface area contributed by atoms with Crippen LogP contribution in [-0.2, 0) is 14.8 Å². The number of hydrogen-bond acceptors (Lipinski definition) is 6. The molecular formula is C13H19N5O3S. The van der Waals surface area contributed by atoms with Crippen LogP contribution in [0, 0.1) is 5.92 Å². The lowest BCUT2D eigenvalue weighted by atomic mass is 10.1. The third-order valence-electron chi connectivity index (χ3n) is 3.86. The van der Waals surface area contributed by atoms with Crippen LogP contribution in [0.3, 0.4) is 0 Å². The SMILES string of the molecule is CN(C)S(=O)(=O)C[C@@H]1COC[C@@H]1Nc1ncnc2[nH]ccc12. The number of nitrogens with zero attached hydrogens (tertiary/aromatic N) is 3. The van der Waals surface area contributed by atoms with Gasteiger partial charge in [0, 0.05) is 26.2 Å². The van der Waals surface area contributed by atoms with Crippen molar-refractivity contribution in [2.45, 2.75) is 6.04 Å². The van der Waals surface area contributed by atoms with Gasteiger partial charge in [0.25, 0.3) is 0 Å². The molecular weight excluding hydrogens is 306 g/mol. The second-order valence-electron chi connectivity index (χ2n) is 5.57. The second-order valence-corrected chi connectivity index (χ2v) is 7.80. The largest absolute Gasteiger partial charge is 0.379 e. The molecule has 9 heteroatoms. The molecule has 1 aliphatic heterocycles. The molecule has 22 heavy (non-hydrogen) atoms. The Bertz CT molecular complexity index is 758. The van der Waals surface area contributed by atoms with E-state index in [2.05, 4.69) is 20.3 Å². The predicted octanol–water partition coefficient (Wildman–Crippen LogP) is 0.276. The topological polar surface area (TPSA) is 100 Å². The fourth-order valence-corrected chi connectivity index (χ4v) is 3.67. The standard InChI is InChI=1S/C13H19N5O3S/c1-18(2)22(19,20)7-9-5-21-6-11(9)17-13-10-3-4-14-12(10)15-8-16-13/h3-4,8-9,11H,5-7H2,1-2H3,(H2,14,15,16,17)/t9-,11-/m0/s1. The predicted molar refractivity (Wildman–Crippen MR) is 83.1 cm³/mol. The summed E-state index contributed by atoms with van der Waals surface area (Å²) in [4.78, 5) is 11.4. The first-order valence-corrected chi connectivity index (χ1v) is 8.61. The quantitative estimate of drug-likeness (QED) is 0.819. The molecule has 120 valence electrons. The lowest BCUT2D eigenvalue weighted by molar-refractivity contribution is 0.187. The Morgan fingerprint density at radius 1 is 1.41 bits per heavy atom. The fraction of sp³-hybridized carbons (Fsp3) is 0.538. The molecule has 3 rings (SSSR count). The monoisotopic (exact) mass is 325 g/mol. The highest BCUT2D eigenvalue weighted by atomic mass is 32.2. The number of rotatable bonds is 5. The number of H-pyrrole nitrogens is 1. The maximum Gasteiger partial charge on any atom is 0.214 e. The molecule has 0 spiro atoms. The van der Waals surface area contributed by atoms with Gasteiger partial charge in [0.1, 0.15) is 17.8 Å². The van der Waals surface area contributed by atoms with Gasteiger partial charge in [0.15, 0.2) is 0 Å². The van der Waals surface area contributed by atoms with E-state index in [0.29, 0.717) is 19.0 Å². The first kappa shape index (κ1) is 15.2. The second kappa shape index (κ2) is 5.82. The lowest BCUT2D eigenvalue weighted by Crippen LogP contribution is -2.37. The Morgan fingerprint density at radius 3 is 3.00 bits per heavy atom. The molecule has 3 heterocycles. The lowest BCUT2D eigenvalue weighted by Gasteiger charge is -2.21. The molecule has 2 atom stereocenters. The first-order valence-electron chi connectivity index (χ1n) is 7.00. The van der Waals surface area contributed by atoms with Crippen molar-refractivity contribution in [1.29, 1.82) is 0 Å². The van der Waals surface area contributed by atoms with E-state index in [-0.39, 0.29) is 17.7 Å². The van der Waals surface area contributed by atoms with E-state index in [1.807, 2.05) is 6.07 Å². The molecule has 0 bridgehead atoms. The zero-order valence-corrected chi connectivity index (χ0v) is 13.3. The number of hydrogen-bond donors (Lipinski definition) is 2. The highest BCUT2D eigenvalue weighted by Gasteiger charge is 2.33. The van der Waals surface area contributed by atoms with E-state index in [9.17, 15) is 8.42 Å². The van der Waals surface area contributed by atoms with E-state index < -0.39 is 10.0 Å². The molecule has 0 radical (unpaired) electrons. The number of ether oxygens (including phenoxy) is 1. The van der Waals surface area contributed by atoms with Gasteiger partial charge in [-0.05, 0) is 6.07 Å². The Morgan fingerprint density at radius 2 is 2.23 bits per heavy atom. The highest BCUT2D eigenvalue weighted by molar-refractivity contribution is 7.89. The van der Waals surface area contributed by atoms with E-state index in [0.717, 1.165) is 11.0 Å². The number of fused-ring (bicyclic) bond motifs is 1. The molecule has 1 saturated heterocycles. The summed E-state index contributed by atoms with van der Waals surface area (Å²) in [6, 6.07) is 1.79. The number of aromatic amines is 1. The van der Waals surface area contributed by atoms with E-state index in [4.69, 9.17) is 4.74 Å². The summed E-state index contributed by atoms with van der Waals surface area (Å²) >= 11 is 0. The summed E-state index contributed by atoms with van der Waals surface area (Å²) in [6.45, 7) is 0.885. The molecule has 0 unspecified atom stereocenters. The molecule has 0 saturated carbocycles. The maximum absolute atomic E-state index is 12.1. The number of aromatic nitrogens is 3. The van der Waals surface area contributed by atoms with Crippen LogP contribution in [0.1, 0.15) is 0 Å². The zero-order valence-electron chi connectivity index (χ0n) is 12.5. The molecule has 0 aromatic carbocycles. The first-order chi connectivity index (χ1) is 10.5. The third kappa shape index (κ3) is 2.92. The van der Waals surface area contributed by atoms with Gasteiger partial charge in [0.2, 0.25) is 10.0 Å². The normalized spacial score (nSPS) is 22.5. The molecule has 1 fully saturated rings. The van der Waals surface area contributed by atoms with Crippen LogP contribution in [-0.4, -0.2) is 66.8 Å². The Labute approximate surface area is 128 Å². The summed E-state index contributed by atoms with van der Waals surface area (Å²) in [5, 5.41) is 4.18. The molecule has 8 nitrogen and oxygen atoms in total. The summed E-state index contributed by atoms with van der Waals surface area (Å²) in [6.07, 6.45) is 3.27. The van der Waals surface area contributed by atoms with Crippen molar-refractivity contribution in [2.75, 3.05) is 38.4 Å². The zero-order chi connectivity index (χ0) is 15.7. The minimum Gasteiger partial charge on any atom is -0.379 e. The van der Waals surface area contributed by atoms with Gasteiger partial charge >= 0.3 is 0 Å². The summed E-state index contributed by atoms with van der Waals surface area (Å²) in [5.74, 6) is 0.629. The van der Waals surface area contributed by atoms with Gasteiger partial charge in [-0.3, -0.25) is 0 Å². The fourth-order valence-electron chi connectivity index (χ4n) is 2.51. The van der Waals surface area contributed by atoms with Crippen LogP contribution >= 0.6 is 0 Å². The summed E-state index contributed by atoms with van der Waals surface area (Å²) in [5.41, 5.74) is 0.744. The third-order valence-corrected chi connectivity index (χ3v) is 5.82. The molecule has 2 N–H and O–H groups in total. The number of nitrogens with one attached hydrogen (secondary N) is 2. The van der Waals surface area contributed by atoms with Crippen molar-refractivity contribution < 1.29 is 13.2 Å². The Balaban J connectivity index is 1.78. The number of anilines is 1. The average Bonchev–Trinajstić information content (AvgIpc) is 3.08. The van der Waals surface area contributed by atoms with Crippen molar-refractivity contribution in [3.63, 3.8) is 0 Å². The Kier molecular flexibility index (Phi) is 4.02. The molecule has 1 aliphatic rings. The average molecular weight is 325 g/mol. The highest BCUT2D eigenvalue weighted by Crippen LogP contribution is 2.24. The molecule has 0 aliphatic carbocycles. The van der Waals surface area contributed by atoms with Crippen LogP contribution in [0.15, 0.2) is 18.6 Å². The molecule has 0 amide bonds. The van der Waals surface area contributed by atoms with E-state index in [1.54, 1.807) is 20.3 Å². The van der Waals surface area contributed by atoms with Crippen LogP contribution < -0.4 is 5.32 Å². The van der Waals surface area contributed by atoms with E-state index >= 15 is 0 Å². The van der Waals surface area contributed by atoms with Gasteiger partial charge in [-0.25, -0.2) is 22.7 Å². The smallest absolute Gasteiger partial charge is 0.214 e. The van der Waals surface area contributed by atoms with Crippen molar-refractivity contribution in [3.8, 4) is 0 Å². The molecule has 2 aromatic rings. The maximum atomic E-state index is 12.1. The summed E-state index contributed by atoms with van der Waals surface area (Å²) < 4.78 is 30.8. The Hall–Kier alpha value is -1.71. The minimum absolute atomic E-state index is 0.0546. The van der Waals surface area contributed by atoms with Crippen LogP contribution in [0.25, 0.3) is 11.0 Å². The number of sulfonamides is 1. The minimum atomic E-state index is -3.26. The van der Waals surface area contributed by atoms with Crippen molar-refractivity contribution in [3.05, 3.63) is 18.6 Å². The van der Waals surface area contributed by atoms with Gasteiger partial charge in [-0.2, -0.15) is 0 Å². The van der Waals surface area contributed by atoms with Gasteiger partial charge in [-0.15, -0.1) is 0 Å². The van der Waals surface area contributed by atoms with Crippen molar-refractivity contribution in [2.24, 2.45) is 5.92 Å². The van der Waals surface area contributed by atoms with Crippen LogP contribution in [0.4, 0.5) is 5.82 Å². The van der Waals surface area contributed by atoms with Crippen LogP contribution in [0.5, 0.6) is 0 Å². The van der Waals surface area contributed by atoms with Gasteiger partial charge in [0.05, 0.1) is 30.4 Å². The van der Waals surface area contributed by atoms with Gasteiger partial charge in [-0.1, -0.05) is 0 Å².